The Kier molecular flexibility index (Phi) is 11.2. The van der Waals surface area contributed by atoms with Crippen molar-refractivity contribution in [3.63, 3.8) is 0 Å². The van der Waals surface area contributed by atoms with Gasteiger partial charge in [-0.3, -0.25) is 14.4 Å². The second-order valence-electron chi connectivity index (χ2n) is 10.4. The van der Waals surface area contributed by atoms with Gasteiger partial charge in [0.25, 0.3) is 11.8 Å². The first-order valence-corrected chi connectivity index (χ1v) is 15.4. The molecule has 0 aliphatic heterocycles. The molecular formula is C35H32ClN3O5S. The SMILES string of the molecule is CC(Sc1ccc(NC(=O)/C(=C/c2ccc(C(C)C)cc2)NC(=O)c2ccccc2)cc1)C(=O)Nc1ccc(Cl)c(C(=O)O)c1. The lowest BCUT2D eigenvalue weighted by molar-refractivity contribution is -0.115. The van der Waals surface area contributed by atoms with Crippen LogP contribution in [0.25, 0.3) is 6.08 Å². The van der Waals surface area contributed by atoms with Gasteiger partial charge in [-0.25, -0.2) is 4.79 Å². The molecule has 3 amide bonds. The molecular weight excluding hydrogens is 610 g/mol. The molecule has 0 aliphatic rings. The van der Waals surface area contributed by atoms with Crippen LogP contribution in [0.5, 0.6) is 0 Å². The van der Waals surface area contributed by atoms with Gasteiger partial charge in [-0.05, 0) is 84.6 Å². The summed E-state index contributed by atoms with van der Waals surface area (Å²) in [5.41, 5.74) is 3.14. The van der Waals surface area contributed by atoms with Crippen LogP contribution in [0.3, 0.4) is 0 Å². The van der Waals surface area contributed by atoms with Gasteiger partial charge in [0.05, 0.1) is 15.8 Å². The quantitative estimate of drug-likeness (QED) is 0.0983. The van der Waals surface area contributed by atoms with E-state index in [2.05, 4.69) is 29.8 Å². The first-order chi connectivity index (χ1) is 21.5. The summed E-state index contributed by atoms with van der Waals surface area (Å²) in [6.07, 6.45) is 1.63. The number of carbonyl (C=O) groups excluding carboxylic acids is 3. The summed E-state index contributed by atoms with van der Waals surface area (Å²) in [6.45, 7) is 5.93. The van der Waals surface area contributed by atoms with Crippen molar-refractivity contribution < 1.29 is 24.3 Å². The van der Waals surface area contributed by atoms with E-state index in [0.29, 0.717) is 22.9 Å². The van der Waals surface area contributed by atoms with Crippen molar-refractivity contribution in [2.75, 3.05) is 10.6 Å². The number of anilines is 2. The number of nitrogens with one attached hydrogen (secondary N) is 3. The van der Waals surface area contributed by atoms with E-state index in [1.807, 2.05) is 30.3 Å². The molecule has 230 valence electrons. The monoisotopic (exact) mass is 641 g/mol. The molecule has 0 radical (unpaired) electrons. The van der Waals surface area contributed by atoms with Gasteiger partial charge < -0.3 is 21.1 Å². The van der Waals surface area contributed by atoms with Crippen LogP contribution in [0.4, 0.5) is 11.4 Å². The van der Waals surface area contributed by atoms with Crippen molar-refractivity contribution in [3.05, 3.63) is 130 Å². The van der Waals surface area contributed by atoms with E-state index >= 15 is 0 Å². The third kappa shape index (κ3) is 9.31. The Morgan fingerprint density at radius 2 is 1.44 bits per heavy atom. The molecule has 1 atom stereocenters. The number of carbonyl (C=O) groups is 4. The number of halogens is 1. The highest BCUT2D eigenvalue weighted by Gasteiger charge is 2.18. The Morgan fingerprint density at radius 1 is 0.800 bits per heavy atom. The lowest BCUT2D eigenvalue weighted by Crippen LogP contribution is -2.30. The van der Waals surface area contributed by atoms with E-state index in [-0.39, 0.29) is 22.2 Å². The molecule has 1 unspecified atom stereocenters. The lowest BCUT2D eigenvalue weighted by Gasteiger charge is -2.14. The smallest absolute Gasteiger partial charge is 0.337 e. The Hall–Kier alpha value is -4.86. The summed E-state index contributed by atoms with van der Waals surface area (Å²) in [5.74, 6) is -2.05. The zero-order chi connectivity index (χ0) is 32.5. The molecule has 45 heavy (non-hydrogen) atoms. The van der Waals surface area contributed by atoms with Crippen molar-refractivity contribution in [2.24, 2.45) is 0 Å². The number of carboxylic acid groups (broad SMARTS) is 1. The summed E-state index contributed by atoms with van der Waals surface area (Å²) in [6, 6.07) is 27.6. The molecule has 0 saturated heterocycles. The fourth-order valence-electron chi connectivity index (χ4n) is 4.17. The third-order valence-corrected chi connectivity index (χ3v) is 8.14. The van der Waals surface area contributed by atoms with Gasteiger partial charge in [0.15, 0.2) is 0 Å². The van der Waals surface area contributed by atoms with Gasteiger partial charge in [-0.1, -0.05) is 67.9 Å². The summed E-state index contributed by atoms with van der Waals surface area (Å²) in [5, 5.41) is 17.1. The number of thioether (sulfide) groups is 1. The maximum atomic E-state index is 13.4. The maximum absolute atomic E-state index is 13.4. The normalized spacial score (nSPS) is 11.9. The topological polar surface area (TPSA) is 125 Å². The van der Waals surface area contributed by atoms with Gasteiger partial charge in [0.2, 0.25) is 5.91 Å². The van der Waals surface area contributed by atoms with Crippen LogP contribution in [-0.4, -0.2) is 34.0 Å². The van der Waals surface area contributed by atoms with Crippen molar-refractivity contribution in [3.8, 4) is 0 Å². The number of hydrogen-bond donors (Lipinski definition) is 4. The minimum absolute atomic E-state index is 0.0802. The molecule has 0 fully saturated rings. The molecule has 4 rings (SSSR count). The molecule has 10 heteroatoms. The highest BCUT2D eigenvalue weighted by Crippen LogP contribution is 2.27. The molecule has 4 aromatic rings. The molecule has 4 aromatic carbocycles. The zero-order valence-corrected chi connectivity index (χ0v) is 26.4. The second kappa shape index (κ2) is 15.2. The summed E-state index contributed by atoms with van der Waals surface area (Å²) in [7, 11) is 0. The van der Waals surface area contributed by atoms with Crippen molar-refractivity contribution >= 4 is 64.5 Å². The summed E-state index contributed by atoms with van der Waals surface area (Å²) < 4.78 is 0. The number of amides is 3. The molecule has 0 spiro atoms. The van der Waals surface area contributed by atoms with Crippen LogP contribution in [0.2, 0.25) is 5.02 Å². The van der Waals surface area contributed by atoms with Crippen LogP contribution in [0.15, 0.2) is 108 Å². The molecule has 0 bridgehead atoms. The molecule has 0 aliphatic carbocycles. The number of hydrogen-bond acceptors (Lipinski definition) is 5. The largest absolute Gasteiger partial charge is 0.478 e. The number of rotatable bonds is 11. The van der Waals surface area contributed by atoms with Crippen molar-refractivity contribution in [2.45, 2.75) is 36.8 Å². The van der Waals surface area contributed by atoms with Gasteiger partial charge in [0.1, 0.15) is 5.70 Å². The molecule has 4 N–H and O–H groups in total. The minimum Gasteiger partial charge on any atom is -0.478 e. The Morgan fingerprint density at radius 3 is 2.07 bits per heavy atom. The summed E-state index contributed by atoms with van der Waals surface area (Å²) >= 11 is 7.21. The van der Waals surface area contributed by atoms with Crippen molar-refractivity contribution in [1.29, 1.82) is 0 Å². The molecule has 0 aromatic heterocycles. The fourth-order valence-corrected chi connectivity index (χ4v) is 5.24. The highest BCUT2D eigenvalue weighted by atomic mass is 35.5. The second-order valence-corrected chi connectivity index (χ2v) is 12.2. The molecule has 8 nitrogen and oxygen atoms in total. The number of aromatic carboxylic acids is 1. The third-order valence-electron chi connectivity index (χ3n) is 6.70. The standard InChI is InChI=1S/C35H32ClN3O5S/c1-21(2)24-11-9-23(10-12-24)19-31(39-33(41)25-7-5-4-6-8-25)34(42)37-26-13-16-28(17-14-26)45-22(3)32(40)38-27-15-18-30(36)29(20-27)35(43)44/h4-22H,1-3H3,(H,37,42)(H,38,40)(H,39,41)(H,43,44)/b31-19-. The first-order valence-electron chi connectivity index (χ1n) is 14.1. The van der Waals surface area contributed by atoms with Crippen LogP contribution in [-0.2, 0) is 9.59 Å². The van der Waals surface area contributed by atoms with Gasteiger partial charge in [-0.15, -0.1) is 11.8 Å². The van der Waals surface area contributed by atoms with E-state index in [1.165, 1.54) is 30.0 Å². The maximum Gasteiger partial charge on any atom is 0.337 e. The average molecular weight is 642 g/mol. The van der Waals surface area contributed by atoms with Crippen LogP contribution < -0.4 is 16.0 Å². The van der Waals surface area contributed by atoms with Crippen LogP contribution in [0.1, 0.15) is 58.5 Å². The van der Waals surface area contributed by atoms with Crippen LogP contribution >= 0.6 is 23.4 Å². The van der Waals surface area contributed by atoms with Gasteiger partial charge >= 0.3 is 5.97 Å². The minimum atomic E-state index is -1.19. The first kappa shape index (κ1) is 33.0. The Labute approximate surface area is 270 Å². The van der Waals surface area contributed by atoms with Gasteiger partial charge in [0, 0.05) is 21.8 Å². The van der Waals surface area contributed by atoms with E-state index in [1.54, 1.807) is 61.5 Å². The predicted octanol–water partition coefficient (Wildman–Crippen LogP) is 7.69. The van der Waals surface area contributed by atoms with E-state index in [0.717, 1.165) is 16.0 Å². The highest BCUT2D eigenvalue weighted by molar-refractivity contribution is 8.00. The fraction of sp³-hybridized carbons (Fsp3) is 0.143. The van der Waals surface area contributed by atoms with Gasteiger partial charge in [-0.2, -0.15) is 0 Å². The Balaban J connectivity index is 1.44. The van der Waals surface area contributed by atoms with E-state index in [4.69, 9.17) is 11.6 Å². The predicted molar refractivity (Wildman–Crippen MR) is 180 cm³/mol. The van der Waals surface area contributed by atoms with E-state index in [9.17, 15) is 24.3 Å². The van der Waals surface area contributed by atoms with Crippen molar-refractivity contribution in [1.82, 2.24) is 5.32 Å². The molecule has 0 heterocycles. The summed E-state index contributed by atoms with van der Waals surface area (Å²) in [4.78, 5) is 51.2. The lowest BCUT2D eigenvalue weighted by atomic mass is 10.0. The van der Waals surface area contributed by atoms with Crippen LogP contribution in [0, 0.1) is 0 Å². The Bertz CT molecular complexity index is 1720. The zero-order valence-electron chi connectivity index (χ0n) is 24.8. The average Bonchev–Trinajstić information content (AvgIpc) is 3.03. The van der Waals surface area contributed by atoms with E-state index < -0.39 is 23.0 Å². The number of carboxylic acids is 1. The molecule has 0 saturated carbocycles. The number of benzene rings is 4.